The van der Waals surface area contributed by atoms with Crippen LogP contribution in [0, 0.1) is 5.92 Å². The fraction of sp³-hybridized carbons (Fsp3) is 0.250. The third-order valence-electron chi connectivity index (χ3n) is 5.40. The number of phenolic OH excluding ortho intramolecular Hbond substituents is 3. The molecule has 132 valence electrons. The first-order chi connectivity index (χ1) is 12.3. The van der Waals surface area contributed by atoms with Crippen molar-refractivity contribution in [2.75, 3.05) is 0 Å². The van der Waals surface area contributed by atoms with E-state index >= 15 is 0 Å². The highest BCUT2D eigenvalue weighted by molar-refractivity contribution is 6.31. The number of phenols is 3. The summed E-state index contributed by atoms with van der Waals surface area (Å²) in [7, 11) is 0. The van der Waals surface area contributed by atoms with Gasteiger partial charge in [0.2, 0.25) is 5.78 Å². The van der Waals surface area contributed by atoms with Crippen molar-refractivity contribution in [3.8, 4) is 17.2 Å². The summed E-state index contributed by atoms with van der Waals surface area (Å²) in [6.07, 6.45) is 1.03. The fourth-order valence-corrected chi connectivity index (χ4v) is 4.00. The Morgan fingerprint density at radius 3 is 2.31 bits per heavy atom. The molecule has 2 aromatic carbocycles. The van der Waals surface area contributed by atoms with Gasteiger partial charge in [0, 0.05) is 22.6 Å². The SMILES string of the molecule is CC(=O)[C@H]1CCc2c(O)c3c(c(O)c2C1)C(=O)c1cccc(O)c1C3=O. The molecule has 0 radical (unpaired) electrons. The molecule has 0 aromatic heterocycles. The van der Waals surface area contributed by atoms with Crippen LogP contribution < -0.4 is 0 Å². The first-order valence-electron chi connectivity index (χ1n) is 8.34. The minimum absolute atomic E-state index is 0.0175. The molecule has 6 heteroatoms. The first-order valence-corrected chi connectivity index (χ1v) is 8.34. The topological polar surface area (TPSA) is 112 Å². The van der Waals surface area contributed by atoms with Gasteiger partial charge >= 0.3 is 0 Å². The summed E-state index contributed by atoms with van der Waals surface area (Å²) in [5, 5.41) is 31.4. The van der Waals surface area contributed by atoms with E-state index in [1.165, 1.54) is 25.1 Å². The lowest BCUT2D eigenvalue weighted by Crippen LogP contribution is -2.26. The van der Waals surface area contributed by atoms with E-state index in [4.69, 9.17) is 0 Å². The van der Waals surface area contributed by atoms with Crippen LogP contribution in [0.25, 0.3) is 0 Å². The lowest BCUT2D eigenvalue weighted by molar-refractivity contribution is -0.121. The lowest BCUT2D eigenvalue weighted by Gasteiger charge is -2.28. The number of rotatable bonds is 1. The van der Waals surface area contributed by atoms with Crippen molar-refractivity contribution < 1.29 is 29.7 Å². The van der Waals surface area contributed by atoms with Crippen LogP contribution in [-0.4, -0.2) is 32.7 Å². The molecule has 0 unspecified atom stereocenters. The molecule has 26 heavy (non-hydrogen) atoms. The summed E-state index contributed by atoms with van der Waals surface area (Å²) in [6.45, 7) is 1.47. The van der Waals surface area contributed by atoms with Crippen LogP contribution >= 0.6 is 0 Å². The van der Waals surface area contributed by atoms with Crippen LogP contribution in [0.3, 0.4) is 0 Å². The highest BCUT2D eigenvalue weighted by Gasteiger charge is 2.40. The number of fused-ring (bicyclic) bond motifs is 3. The lowest BCUT2D eigenvalue weighted by atomic mass is 9.75. The molecule has 2 aliphatic rings. The predicted octanol–water partition coefficient (Wildman–Crippen LogP) is 2.27. The van der Waals surface area contributed by atoms with Gasteiger partial charge in [-0.25, -0.2) is 0 Å². The van der Waals surface area contributed by atoms with E-state index < -0.39 is 11.6 Å². The summed E-state index contributed by atoms with van der Waals surface area (Å²) < 4.78 is 0. The summed E-state index contributed by atoms with van der Waals surface area (Å²) in [4.78, 5) is 37.5. The van der Waals surface area contributed by atoms with Gasteiger partial charge in [-0.05, 0) is 32.3 Å². The molecule has 0 aliphatic heterocycles. The Morgan fingerprint density at radius 1 is 0.962 bits per heavy atom. The van der Waals surface area contributed by atoms with E-state index in [1.807, 2.05) is 0 Å². The Bertz CT molecular complexity index is 1020. The van der Waals surface area contributed by atoms with Gasteiger partial charge in [0.05, 0.1) is 16.7 Å². The smallest absolute Gasteiger partial charge is 0.202 e. The largest absolute Gasteiger partial charge is 0.507 e. The van der Waals surface area contributed by atoms with Crippen molar-refractivity contribution in [3.05, 3.63) is 51.6 Å². The van der Waals surface area contributed by atoms with Gasteiger partial charge in [0.1, 0.15) is 23.0 Å². The number of hydrogen-bond acceptors (Lipinski definition) is 6. The molecule has 0 bridgehead atoms. The van der Waals surface area contributed by atoms with Crippen LogP contribution in [0.1, 0.15) is 56.3 Å². The van der Waals surface area contributed by atoms with Gasteiger partial charge in [-0.15, -0.1) is 0 Å². The Kier molecular flexibility index (Phi) is 3.41. The molecular weight excluding hydrogens is 336 g/mol. The second-order valence-corrected chi connectivity index (χ2v) is 6.81. The normalized spacial score (nSPS) is 18.1. The molecule has 3 N–H and O–H groups in total. The minimum Gasteiger partial charge on any atom is -0.507 e. The Labute approximate surface area is 148 Å². The zero-order valence-corrected chi connectivity index (χ0v) is 14.0. The molecule has 1 atom stereocenters. The third kappa shape index (κ3) is 2.02. The number of aromatic hydroxyl groups is 3. The molecule has 6 nitrogen and oxygen atoms in total. The predicted molar refractivity (Wildman–Crippen MR) is 90.9 cm³/mol. The quantitative estimate of drug-likeness (QED) is 0.579. The average Bonchev–Trinajstić information content (AvgIpc) is 2.62. The van der Waals surface area contributed by atoms with Crippen LogP contribution in [-0.2, 0) is 17.6 Å². The van der Waals surface area contributed by atoms with E-state index in [-0.39, 0.29) is 57.6 Å². The molecule has 2 aliphatic carbocycles. The molecule has 2 aromatic rings. The summed E-state index contributed by atoms with van der Waals surface area (Å²) in [6, 6.07) is 4.12. The second-order valence-electron chi connectivity index (χ2n) is 6.81. The zero-order chi connectivity index (χ0) is 18.7. The monoisotopic (exact) mass is 352 g/mol. The number of ketones is 3. The number of Topliss-reactive ketones (excluding diaryl/α,β-unsaturated/α-hetero) is 1. The fourth-order valence-electron chi connectivity index (χ4n) is 4.00. The maximum atomic E-state index is 12.9. The van der Waals surface area contributed by atoms with Gasteiger partial charge < -0.3 is 15.3 Å². The highest BCUT2D eigenvalue weighted by atomic mass is 16.3. The third-order valence-corrected chi connectivity index (χ3v) is 5.40. The Hall–Kier alpha value is -3.15. The zero-order valence-electron chi connectivity index (χ0n) is 14.0. The molecule has 0 saturated carbocycles. The second kappa shape index (κ2) is 5.42. The van der Waals surface area contributed by atoms with Gasteiger partial charge in [0.25, 0.3) is 0 Å². The molecular formula is C20H16O6. The molecule has 0 saturated heterocycles. The van der Waals surface area contributed by atoms with Crippen molar-refractivity contribution in [3.63, 3.8) is 0 Å². The maximum Gasteiger partial charge on any atom is 0.202 e. The van der Waals surface area contributed by atoms with Crippen molar-refractivity contribution in [1.29, 1.82) is 0 Å². The van der Waals surface area contributed by atoms with Crippen molar-refractivity contribution in [1.82, 2.24) is 0 Å². The van der Waals surface area contributed by atoms with E-state index in [2.05, 4.69) is 0 Å². The van der Waals surface area contributed by atoms with Crippen molar-refractivity contribution in [2.24, 2.45) is 5.92 Å². The van der Waals surface area contributed by atoms with Crippen LogP contribution in [0.2, 0.25) is 0 Å². The molecule has 0 fully saturated rings. The standard InChI is InChI=1S/C20H16O6/c1-8(21)9-5-6-10-12(7-9)19(25)15-16(17(10)23)20(26)14-11(18(15)24)3-2-4-13(14)22/h2-4,9,22-23,25H,5-7H2,1H3/t9-/m0/s1. The summed E-state index contributed by atoms with van der Waals surface area (Å²) in [5.74, 6) is -2.70. The van der Waals surface area contributed by atoms with Crippen LogP contribution in [0.5, 0.6) is 17.2 Å². The van der Waals surface area contributed by atoms with Gasteiger partial charge in [-0.1, -0.05) is 12.1 Å². The average molecular weight is 352 g/mol. The number of carbonyl (C=O) groups is 3. The van der Waals surface area contributed by atoms with E-state index in [0.717, 1.165) is 0 Å². The maximum absolute atomic E-state index is 12.9. The van der Waals surface area contributed by atoms with Gasteiger partial charge in [-0.3, -0.25) is 14.4 Å². The van der Waals surface area contributed by atoms with E-state index in [1.54, 1.807) is 0 Å². The minimum atomic E-state index is -0.697. The van der Waals surface area contributed by atoms with Crippen LogP contribution in [0.4, 0.5) is 0 Å². The van der Waals surface area contributed by atoms with Crippen molar-refractivity contribution >= 4 is 17.3 Å². The molecule has 0 heterocycles. The van der Waals surface area contributed by atoms with E-state index in [9.17, 15) is 29.7 Å². The van der Waals surface area contributed by atoms with Crippen molar-refractivity contribution in [2.45, 2.75) is 26.2 Å². The number of benzene rings is 2. The molecule has 0 amide bonds. The molecule has 4 rings (SSSR count). The number of hydrogen-bond donors (Lipinski definition) is 3. The Morgan fingerprint density at radius 2 is 1.62 bits per heavy atom. The summed E-state index contributed by atoms with van der Waals surface area (Å²) >= 11 is 0. The molecule has 0 spiro atoms. The number of carbonyl (C=O) groups excluding carboxylic acids is 3. The first kappa shape index (κ1) is 16.3. The summed E-state index contributed by atoms with van der Waals surface area (Å²) in [5.41, 5.74) is 0.0134. The van der Waals surface area contributed by atoms with Gasteiger partial charge in [-0.2, -0.15) is 0 Å². The highest BCUT2D eigenvalue weighted by Crippen LogP contribution is 2.47. The van der Waals surface area contributed by atoms with E-state index in [0.29, 0.717) is 24.0 Å². The van der Waals surface area contributed by atoms with Crippen LogP contribution in [0.15, 0.2) is 18.2 Å². The Balaban J connectivity index is 2.00. The van der Waals surface area contributed by atoms with Gasteiger partial charge in [0.15, 0.2) is 5.78 Å².